The van der Waals surface area contributed by atoms with Crippen LogP contribution in [0.2, 0.25) is 0 Å². The predicted molar refractivity (Wildman–Crippen MR) is 96.7 cm³/mol. The zero-order valence-electron chi connectivity index (χ0n) is 15.1. The number of phenolic OH excluding ortho intramolecular Hbond substituents is 1. The summed E-state index contributed by atoms with van der Waals surface area (Å²) in [5, 5.41) is 22.3. The van der Waals surface area contributed by atoms with Crippen LogP contribution in [0.5, 0.6) is 5.75 Å². The van der Waals surface area contributed by atoms with E-state index >= 15 is 0 Å². The zero-order valence-corrected chi connectivity index (χ0v) is 15.1. The number of benzene rings is 1. The molecule has 1 heterocycles. The maximum atomic E-state index is 12.6. The van der Waals surface area contributed by atoms with E-state index in [0.29, 0.717) is 11.6 Å². The summed E-state index contributed by atoms with van der Waals surface area (Å²) in [6.45, 7) is 5.37. The Morgan fingerprint density at radius 2 is 1.81 bits per heavy atom. The highest BCUT2D eigenvalue weighted by Gasteiger charge is 2.27. The molecular formula is C18H22N4O4. The van der Waals surface area contributed by atoms with E-state index in [1.54, 1.807) is 13.0 Å². The van der Waals surface area contributed by atoms with E-state index in [4.69, 9.17) is 0 Å². The van der Waals surface area contributed by atoms with Crippen molar-refractivity contribution in [3.05, 3.63) is 41.2 Å². The molecule has 138 valence electrons. The van der Waals surface area contributed by atoms with Crippen molar-refractivity contribution in [2.45, 2.75) is 33.2 Å². The van der Waals surface area contributed by atoms with Crippen molar-refractivity contribution in [1.29, 1.82) is 0 Å². The number of aryl methyl sites for hydroxylation is 2. The number of carbonyl (C=O) groups excluding carboxylic acids is 1. The third-order valence-corrected chi connectivity index (χ3v) is 3.93. The van der Waals surface area contributed by atoms with Crippen LogP contribution in [-0.2, 0) is 4.79 Å². The fourth-order valence-electron chi connectivity index (χ4n) is 2.64. The molecule has 1 aromatic heterocycles. The molecule has 2 rings (SSSR count). The van der Waals surface area contributed by atoms with Crippen LogP contribution in [0.15, 0.2) is 24.3 Å². The van der Waals surface area contributed by atoms with Gasteiger partial charge in [0.15, 0.2) is 0 Å². The summed E-state index contributed by atoms with van der Waals surface area (Å²) in [5.74, 6) is -1.53. The van der Waals surface area contributed by atoms with Gasteiger partial charge in [0.25, 0.3) is 5.91 Å². The lowest BCUT2D eigenvalue weighted by atomic mass is 10.1. The van der Waals surface area contributed by atoms with E-state index in [-0.39, 0.29) is 17.7 Å². The van der Waals surface area contributed by atoms with Gasteiger partial charge in [0, 0.05) is 24.1 Å². The molecule has 1 atom stereocenters. The topological polar surface area (TPSA) is 116 Å². The number of carbonyl (C=O) groups is 2. The monoisotopic (exact) mass is 358 g/mol. The third kappa shape index (κ3) is 4.27. The zero-order chi connectivity index (χ0) is 19.4. The molecular weight excluding hydrogens is 336 g/mol. The van der Waals surface area contributed by atoms with Crippen molar-refractivity contribution >= 4 is 23.5 Å². The Bertz CT molecular complexity index is 818. The molecule has 0 bridgehead atoms. The highest BCUT2D eigenvalue weighted by molar-refractivity contribution is 5.99. The number of hydrogen-bond acceptors (Lipinski definition) is 6. The Hall–Kier alpha value is -3.16. The van der Waals surface area contributed by atoms with Gasteiger partial charge in [-0.25, -0.2) is 14.8 Å². The van der Waals surface area contributed by atoms with Gasteiger partial charge >= 0.3 is 5.97 Å². The molecule has 0 aliphatic heterocycles. The molecule has 0 radical (unpaired) electrons. The summed E-state index contributed by atoms with van der Waals surface area (Å²) < 4.78 is 0. The summed E-state index contributed by atoms with van der Waals surface area (Å²) in [5.41, 5.74) is 2.10. The van der Waals surface area contributed by atoms with Crippen molar-refractivity contribution in [2.24, 2.45) is 0 Å². The van der Waals surface area contributed by atoms with Gasteiger partial charge in [0.05, 0.1) is 5.56 Å². The average Bonchev–Trinajstić information content (AvgIpc) is 2.55. The molecule has 0 fully saturated rings. The van der Waals surface area contributed by atoms with Gasteiger partial charge in [-0.3, -0.25) is 4.79 Å². The second-order valence-electron chi connectivity index (χ2n) is 6.01. The van der Waals surface area contributed by atoms with E-state index in [1.165, 1.54) is 19.2 Å². The van der Waals surface area contributed by atoms with Gasteiger partial charge in [0.2, 0.25) is 5.95 Å². The summed E-state index contributed by atoms with van der Waals surface area (Å²) >= 11 is 0. The smallest absolute Gasteiger partial charge is 0.326 e. The van der Waals surface area contributed by atoms with Crippen molar-refractivity contribution in [1.82, 2.24) is 14.9 Å². The second-order valence-corrected chi connectivity index (χ2v) is 6.01. The third-order valence-electron chi connectivity index (χ3n) is 3.93. The largest absolute Gasteiger partial charge is 0.507 e. The van der Waals surface area contributed by atoms with Crippen LogP contribution < -0.4 is 5.32 Å². The Morgan fingerprint density at radius 1 is 1.19 bits per heavy atom. The number of likely N-dealkylation sites (N-methyl/N-ethyl adjacent to an activating group) is 1. The molecule has 2 aromatic rings. The summed E-state index contributed by atoms with van der Waals surface area (Å²) in [6.07, 6.45) is 0.257. The standard InChI is InChI=1S/C18H22N4O4/c1-5-14(17(25)26)22(4)16(24)13-9-12(6-7-15(13)23)21-18-19-10(2)8-11(3)20-18/h6-9,14,23H,5H2,1-4H3,(H,25,26)(H,19,20,21)/t14-/m0/s1. The van der Waals surface area contributed by atoms with Crippen LogP contribution in [0.3, 0.4) is 0 Å². The van der Waals surface area contributed by atoms with Gasteiger partial charge in [-0.1, -0.05) is 6.92 Å². The molecule has 0 aliphatic rings. The van der Waals surface area contributed by atoms with Crippen molar-refractivity contribution in [3.63, 3.8) is 0 Å². The predicted octanol–water partition coefficient (Wildman–Crippen LogP) is 2.48. The molecule has 1 aromatic carbocycles. The van der Waals surface area contributed by atoms with E-state index in [9.17, 15) is 19.8 Å². The Kier molecular flexibility index (Phi) is 5.76. The van der Waals surface area contributed by atoms with Crippen LogP contribution in [0.25, 0.3) is 0 Å². The number of hydrogen-bond donors (Lipinski definition) is 3. The van der Waals surface area contributed by atoms with Crippen molar-refractivity contribution < 1.29 is 19.8 Å². The molecule has 0 unspecified atom stereocenters. The van der Waals surface area contributed by atoms with Crippen molar-refractivity contribution in [2.75, 3.05) is 12.4 Å². The summed E-state index contributed by atoms with van der Waals surface area (Å²) in [6, 6.07) is 5.27. The number of nitrogens with zero attached hydrogens (tertiary/aromatic N) is 3. The molecule has 26 heavy (non-hydrogen) atoms. The van der Waals surface area contributed by atoms with E-state index < -0.39 is 17.9 Å². The lowest BCUT2D eigenvalue weighted by Gasteiger charge is -2.24. The Labute approximate surface area is 151 Å². The number of carboxylic acid groups (broad SMARTS) is 1. The van der Waals surface area contributed by atoms with Crippen LogP contribution in [0.1, 0.15) is 35.1 Å². The lowest BCUT2D eigenvalue weighted by Crippen LogP contribution is -2.42. The number of carboxylic acids is 1. The minimum absolute atomic E-state index is 0.00146. The highest BCUT2D eigenvalue weighted by atomic mass is 16.4. The first-order chi connectivity index (χ1) is 12.2. The minimum atomic E-state index is -1.10. The average molecular weight is 358 g/mol. The molecule has 0 saturated heterocycles. The van der Waals surface area contributed by atoms with Crippen LogP contribution in [-0.4, -0.2) is 50.0 Å². The number of nitrogens with one attached hydrogen (secondary N) is 1. The number of anilines is 2. The molecule has 0 aliphatic carbocycles. The molecule has 0 spiro atoms. The lowest BCUT2D eigenvalue weighted by molar-refractivity contribution is -0.142. The number of aromatic hydroxyl groups is 1. The maximum absolute atomic E-state index is 12.6. The molecule has 3 N–H and O–H groups in total. The normalized spacial score (nSPS) is 11.7. The van der Waals surface area contributed by atoms with Crippen molar-refractivity contribution in [3.8, 4) is 5.75 Å². The van der Waals surface area contributed by atoms with E-state index in [2.05, 4.69) is 15.3 Å². The number of aliphatic carboxylic acids is 1. The van der Waals surface area contributed by atoms with Gasteiger partial charge < -0.3 is 20.4 Å². The Morgan fingerprint density at radius 3 is 2.35 bits per heavy atom. The fourth-order valence-corrected chi connectivity index (χ4v) is 2.64. The van der Waals surface area contributed by atoms with E-state index in [0.717, 1.165) is 16.3 Å². The minimum Gasteiger partial charge on any atom is -0.507 e. The SMILES string of the molecule is CC[C@@H](C(=O)O)N(C)C(=O)c1cc(Nc2nc(C)cc(C)n2)ccc1O. The first-order valence-electron chi connectivity index (χ1n) is 8.15. The Balaban J connectivity index is 2.31. The summed E-state index contributed by atoms with van der Waals surface area (Å²) in [7, 11) is 1.40. The highest BCUT2D eigenvalue weighted by Crippen LogP contribution is 2.25. The first kappa shape index (κ1) is 19.2. The van der Waals surface area contributed by atoms with Gasteiger partial charge in [-0.2, -0.15) is 0 Å². The molecule has 8 heteroatoms. The first-order valence-corrected chi connectivity index (χ1v) is 8.15. The molecule has 1 amide bonds. The van der Waals surface area contributed by atoms with Crippen LogP contribution in [0, 0.1) is 13.8 Å². The van der Waals surface area contributed by atoms with Crippen LogP contribution in [0.4, 0.5) is 11.6 Å². The second kappa shape index (κ2) is 7.81. The van der Waals surface area contributed by atoms with Gasteiger partial charge in [-0.15, -0.1) is 0 Å². The number of amides is 1. The fraction of sp³-hybridized carbons (Fsp3) is 0.333. The summed E-state index contributed by atoms with van der Waals surface area (Å²) in [4.78, 5) is 33.5. The number of phenols is 1. The molecule has 8 nitrogen and oxygen atoms in total. The molecule has 0 saturated carbocycles. The number of rotatable bonds is 6. The quantitative estimate of drug-likeness (QED) is 0.679. The van der Waals surface area contributed by atoms with Gasteiger partial charge in [0.1, 0.15) is 11.8 Å². The van der Waals surface area contributed by atoms with Gasteiger partial charge in [-0.05, 0) is 44.5 Å². The maximum Gasteiger partial charge on any atom is 0.326 e. The van der Waals surface area contributed by atoms with Crippen LogP contribution >= 0.6 is 0 Å². The number of aromatic nitrogens is 2. The van der Waals surface area contributed by atoms with E-state index in [1.807, 2.05) is 19.9 Å².